The van der Waals surface area contributed by atoms with Crippen LogP contribution in [-0.2, 0) is 0 Å². The molecule has 0 fully saturated rings. The maximum Gasteiger partial charge on any atom is 0.179 e. The van der Waals surface area contributed by atoms with Crippen molar-refractivity contribution in [3.8, 4) is 16.9 Å². The van der Waals surface area contributed by atoms with Gasteiger partial charge in [0.05, 0.1) is 22.4 Å². The Hall–Kier alpha value is -7.47. The van der Waals surface area contributed by atoms with E-state index < -0.39 is 8.07 Å². The molecule has 0 bridgehead atoms. The van der Waals surface area contributed by atoms with Crippen LogP contribution in [0.5, 0.6) is 0 Å². The van der Waals surface area contributed by atoms with Gasteiger partial charge in [0, 0.05) is 28.3 Å². The topological polar surface area (TPSA) is 24.3 Å². The van der Waals surface area contributed by atoms with Crippen LogP contribution >= 0.6 is 0 Å². The van der Waals surface area contributed by atoms with Crippen LogP contribution < -0.4 is 30.5 Å². The highest BCUT2D eigenvalue weighted by Gasteiger charge is 2.42. The van der Waals surface area contributed by atoms with Crippen molar-refractivity contribution in [1.82, 2.24) is 9.55 Å². The molecule has 0 N–H and O–H groups in total. The fraction of sp³-hybridized carbons (Fsp3) is 0.0536. The van der Waals surface area contributed by atoms with Crippen LogP contribution in [0.2, 0.25) is 0 Å². The van der Waals surface area contributed by atoms with Gasteiger partial charge in [-0.05, 0) is 118 Å². The zero-order chi connectivity index (χ0) is 40.9. The third-order valence-electron chi connectivity index (χ3n) is 12.7. The Morgan fingerprint density at radius 3 is 1.67 bits per heavy atom. The number of hydrogen-bond acceptors (Lipinski definition) is 3. The van der Waals surface area contributed by atoms with Gasteiger partial charge in [-0.1, -0.05) is 152 Å². The number of rotatable bonds is 8. The predicted octanol–water partition coefficient (Wildman–Crippen LogP) is 11.1. The van der Waals surface area contributed by atoms with E-state index in [1.807, 2.05) is 6.20 Å². The Labute approximate surface area is 358 Å². The molecule has 1 aliphatic rings. The minimum atomic E-state index is -3.00. The Balaban J connectivity index is 1.15. The minimum absolute atomic E-state index is 0.720. The second-order valence-electron chi connectivity index (χ2n) is 16.1. The van der Waals surface area contributed by atoms with Crippen molar-refractivity contribution in [2.24, 2.45) is 0 Å². The van der Waals surface area contributed by atoms with Crippen LogP contribution in [-0.4, -0.2) is 24.3 Å². The summed E-state index contributed by atoms with van der Waals surface area (Å²) in [7, 11) is -3.00. The number of para-hydroxylation sites is 4. The van der Waals surface area contributed by atoms with E-state index in [0.29, 0.717) is 0 Å². The molecular formula is C56H44N4Si. The molecule has 61 heavy (non-hydrogen) atoms. The summed E-state index contributed by atoms with van der Waals surface area (Å²) < 4.78 is 2.39. The molecule has 11 rings (SSSR count). The minimum Gasteiger partial charge on any atom is -0.321 e. The molecule has 10 aromatic rings. The molecule has 0 amide bonds. The summed E-state index contributed by atoms with van der Waals surface area (Å²) in [6, 6.07) is 78.4. The molecule has 0 saturated carbocycles. The van der Waals surface area contributed by atoms with Crippen molar-refractivity contribution in [3.05, 3.63) is 230 Å². The highest BCUT2D eigenvalue weighted by atomic mass is 28.3. The van der Waals surface area contributed by atoms with E-state index in [2.05, 4.69) is 241 Å². The van der Waals surface area contributed by atoms with Crippen LogP contribution in [0.3, 0.4) is 0 Å². The van der Waals surface area contributed by atoms with Gasteiger partial charge in [0.1, 0.15) is 12.5 Å². The van der Waals surface area contributed by atoms with Gasteiger partial charge >= 0.3 is 0 Å². The Morgan fingerprint density at radius 1 is 0.426 bits per heavy atom. The molecule has 0 atom stereocenters. The molecule has 2 aromatic heterocycles. The van der Waals surface area contributed by atoms with Gasteiger partial charge < -0.3 is 9.80 Å². The zero-order valence-corrected chi connectivity index (χ0v) is 35.3. The lowest BCUT2D eigenvalue weighted by molar-refractivity contribution is 0.992. The summed E-state index contributed by atoms with van der Waals surface area (Å²) in [6.45, 7) is 5.12. The van der Waals surface area contributed by atoms with E-state index in [9.17, 15) is 0 Å². The molecule has 5 heteroatoms. The number of nitrogens with zero attached hydrogens (tertiary/aromatic N) is 4. The lowest BCUT2D eigenvalue weighted by atomic mass is 9.96. The lowest BCUT2D eigenvalue weighted by Gasteiger charge is -2.35. The van der Waals surface area contributed by atoms with Crippen molar-refractivity contribution in [1.29, 1.82) is 0 Å². The van der Waals surface area contributed by atoms with Crippen molar-refractivity contribution in [3.63, 3.8) is 0 Å². The smallest absolute Gasteiger partial charge is 0.179 e. The molecule has 3 heterocycles. The van der Waals surface area contributed by atoms with E-state index in [1.54, 1.807) is 0 Å². The van der Waals surface area contributed by atoms with Crippen LogP contribution in [0, 0.1) is 13.8 Å². The second-order valence-corrected chi connectivity index (χ2v) is 19.9. The first-order chi connectivity index (χ1) is 30.1. The van der Waals surface area contributed by atoms with Crippen LogP contribution in [0.25, 0.3) is 38.8 Å². The van der Waals surface area contributed by atoms with Gasteiger partial charge in [-0.15, -0.1) is 0 Å². The summed E-state index contributed by atoms with van der Waals surface area (Å²) in [5.74, 6) is 0.910. The number of aryl methyl sites for hydroxylation is 2. The van der Waals surface area contributed by atoms with E-state index in [0.717, 1.165) is 23.5 Å². The van der Waals surface area contributed by atoms with Crippen molar-refractivity contribution >= 4 is 73.4 Å². The quantitative estimate of drug-likeness (QED) is 0.113. The van der Waals surface area contributed by atoms with Gasteiger partial charge in [-0.3, -0.25) is 4.57 Å². The third-order valence-corrected chi connectivity index (χ3v) is 17.4. The van der Waals surface area contributed by atoms with E-state index in [4.69, 9.17) is 4.98 Å². The van der Waals surface area contributed by atoms with Crippen LogP contribution in [0.1, 0.15) is 11.1 Å². The molecule has 292 valence electrons. The predicted molar refractivity (Wildman–Crippen MR) is 259 cm³/mol. The standard InChI is InChI=1S/C56H44N4Si/c1-40-18-16-19-41(2)56(40)42-34-35-57-55(36-42)60-51-29-13-12-28-49(51)50-33-32-48(38-54(50)60)61(45-23-8-4-9-24-45,46-25-10-5-11-26-46)47-27-17-22-44(37-47)59-39-58(43-20-6-3-7-21-43)52-30-14-15-31-53(52)59/h3-38H,39H2,1-2H3. The van der Waals surface area contributed by atoms with Crippen LogP contribution in [0.4, 0.5) is 22.7 Å². The molecule has 0 spiro atoms. The van der Waals surface area contributed by atoms with Gasteiger partial charge in [0.15, 0.2) is 8.07 Å². The second kappa shape index (κ2) is 15.0. The maximum atomic E-state index is 5.10. The Bertz CT molecular complexity index is 3150. The largest absolute Gasteiger partial charge is 0.321 e. The monoisotopic (exact) mass is 800 g/mol. The van der Waals surface area contributed by atoms with E-state index >= 15 is 0 Å². The average molecular weight is 801 g/mol. The third kappa shape index (κ3) is 6.00. The maximum absolute atomic E-state index is 5.10. The number of fused-ring (bicyclic) bond motifs is 4. The first-order valence-electron chi connectivity index (χ1n) is 21.1. The number of anilines is 4. The number of benzene rings is 8. The highest BCUT2D eigenvalue weighted by Crippen LogP contribution is 2.44. The average Bonchev–Trinajstić information content (AvgIpc) is 3.87. The Morgan fingerprint density at radius 2 is 0.967 bits per heavy atom. The van der Waals surface area contributed by atoms with Crippen molar-refractivity contribution in [2.75, 3.05) is 16.5 Å². The molecule has 0 aliphatic carbocycles. The highest BCUT2D eigenvalue weighted by molar-refractivity contribution is 7.20. The Kier molecular flexibility index (Phi) is 8.98. The summed E-state index contributed by atoms with van der Waals surface area (Å²) in [6.07, 6.45) is 1.97. The molecular weight excluding hydrogens is 757 g/mol. The van der Waals surface area contributed by atoms with Gasteiger partial charge in [-0.25, -0.2) is 4.98 Å². The summed E-state index contributed by atoms with van der Waals surface area (Å²) in [4.78, 5) is 9.98. The number of aromatic nitrogens is 2. The SMILES string of the molecule is Cc1cccc(C)c1-c1ccnc(-n2c3ccccc3c3ccc([Si](c4ccccc4)(c4ccccc4)c4cccc(N5CN(c6ccccc6)c6ccccc65)c4)cc32)c1. The summed E-state index contributed by atoms with van der Waals surface area (Å²) >= 11 is 0. The lowest BCUT2D eigenvalue weighted by Crippen LogP contribution is -2.74. The molecule has 1 aliphatic heterocycles. The summed E-state index contributed by atoms with van der Waals surface area (Å²) in [5.41, 5.74) is 12.0. The van der Waals surface area contributed by atoms with E-state index in [1.165, 1.54) is 76.5 Å². The fourth-order valence-electron chi connectivity index (χ4n) is 9.96. The fourth-order valence-corrected chi connectivity index (χ4v) is 14.7. The molecule has 4 nitrogen and oxygen atoms in total. The number of pyridine rings is 1. The van der Waals surface area contributed by atoms with Crippen molar-refractivity contribution in [2.45, 2.75) is 13.8 Å². The molecule has 8 aromatic carbocycles. The normalized spacial score (nSPS) is 12.6. The van der Waals surface area contributed by atoms with E-state index in [-0.39, 0.29) is 0 Å². The van der Waals surface area contributed by atoms with Gasteiger partial charge in [0.25, 0.3) is 0 Å². The first-order valence-corrected chi connectivity index (χ1v) is 23.1. The molecule has 0 unspecified atom stereocenters. The van der Waals surface area contributed by atoms with Gasteiger partial charge in [-0.2, -0.15) is 0 Å². The molecule has 0 radical (unpaired) electrons. The van der Waals surface area contributed by atoms with Crippen molar-refractivity contribution < 1.29 is 0 Å². The van der Waals surface area contributed by atoms with Crippen LogP contribution in [0.15, 0.2) is 219 Å². The summed E-state index contributed by atoms with van der Waals surface area (Å²) in [5, 5.41) is 7.75. The molecule has 0 saturated heterocycles. The number of hydrogen-bond donors (Lipinski definition) is 0. The zero-order valence-electron chi connectivity index (χ0n) is 34.3. The first kappa shape index (κ1) is 36.6. The van der Waals surface area contributed by atoms with Gasteiger partial charge in [0.2, 0.25) is 0 Å².